The number of hydrazone groups is 1. The minimum Gasteiger partial charge on any atom is -0.507 e. The van der Waals surface area contributed by atoms with Gasteiger partial charge in [0.1, 0.15) is 11.3 Å². The summed E-state index contributed by atoms with van der Waals surface area (Å²) in [5.74, 6) is -0.762. The second kappa shape index (κ2) is 6.47. The molecule has 1 aromatic rings. The largest absolute Gasteiger partial charge is 0.507 e. The SMILES string of the molecule is CC1(C)NC(=O)N(CCC(=O)N/N=C/c2ccccc2O)C1=O. The Morgan fingerprint density at radius 1 is 1.39 bits per heavy atom. The topological polar surface area (TPSA) is 111 Å². The predicted molar refractivity (Wildman–Crippen MR) is 82.8 cm³/mol. The van der Waals surface area contributed by atoms with Crippen molar-refractivity contribution in [3.05, 3.63) is 29.8 Å². The van der Waals surface area contributed by atoms with E-state index in [4.69, 9.17) is 0 Å². The molecule has 1 heterocycles. The van der Waals surface area contributed by atoms with Crippen molar-refractivity contribution in [2.75, 3.05) is 6.54 Å². The van der Waals surface area contributed by atoms with Crippen LogP contribution in [0, 0.1) is 0 Å². The van der Waals surface area contributed by atoms with Crippen LogP contribution in [-0.4, -0.2) is 46.2 Å². The van der Waals surface area contributed by atoms with Crippen molar-refractivity contribution in [2.24, 2.45) is 5.10 Å². The van der Waals surface area contributed by atoms with Crippen LogP contribution in [0.4, 0.5) is 4.79 Å². The Morgan fingerprint density at radius 3 is 2.70 bits per heavy atom. The van der Waals surface area contributed by atoms with Crippen LogP contribution in [0.3, 0.4) is 0 Å². The average molecular weight is 318 g/mol. The van der Waals surface area contributed by atoms with E-state index in [0.717, 1.165) is 4.90 Å². The van der Waals surface area contributed by atoms with Crippen LogP contribution in [-0.2, 0) is 9.59 Å². The lowest BCUT2D eigenvalue weighted by Crippen LogP contribution is -2.40. The highest BCUT2D eigenvalue weighted by atomic mass is 16.3. The minimum absolute atomic E-state index is 0.0218. The molecule has 1 fully saturated rings. The van der Waals surface area contributed by atoms with Crippen molar-refractivity contribution < 1.29 is 19.5 Å². The number of imide groups is 1. The first kappa shape index (κ1) is 16.5. The summed E-state index contributed by atoms with van der Waals surface area (Å²) in [4.78, 5) is 36.3. The number of benzene rings is 1. The monoisotopic (exact) mass is 318 g/mol. The van der Waals surface area contributed by atoms with E-state index in [2.05, 4.69) is 15.8 Å². The number of aromatic hydroxyl groups is 1. The fourth-order valence-electron chi connectivity index (χ4n) is 2.06. The summed E-state index contributed by atoms with van der Waals surface area (Å²) in [7, 11) is 0. The molecular weight excluding hydrogens is 300 g/mol. The third kappa shape index (κ3) is 3.85. The second-order valence-electron chi connectivity index (χ2n) is 5.61. The number of phenolic OH excluding ortho intramolecular Hbond substituents is 1. The average Bonchev–Trinajstić information content (AvgIpc) is 2.67. The van der Waals surface area contributed by atoms with Gasteiger partial charge in [-0.25, -0.2) is 10.2 Å². The first-order chi connectivity index (χ1) is 10.8. The molecule has 1 aliphatic rings. The summed E-state index contributed by atoms with van der Waals surface area (Å²) in [6.07, 6.45) is 1.25. The molecule has 0 unspecified atom stereocenters. The highest BCUT2D eigenvalue weighted by Crippen LogP contribution is 2.16. The van der Waals surface area contributed by atoms with Crippen LogP contribution in [0.25, 0.3) is 0 Å². The first-order valence-corrected chi connectivity index (χ1v) is 7.05. The van der Waals surface area contributed by atoms with Gasteiger partial charge in [-0.15, -0.1) is 0 Å². The molecule has 2 rings (SSSR count). The molecule has 1 saturated heterocycles. The number of carbonyl (C=O) groups excluding carboxylic acids is 3. The van der Waals surface area contributed by atoms with E-state index in [-0.39, 0.29) is 24.6 Å². The molecule has 8 nitrogen and oxygen atoms in total. The van der Waals surface area contributed by atoms with Gasteiger partial charge < -0.3 is 10.4 Å². The summed E-state index contributed by atoms with van der Waals surface area (Å²) >= 11 is 0. The summed E-state index contributed by atoms with van der Waals surface area (Å²) in [5, 5.41) is 15.8. The van der Waals surface area contributed by atoms with Gasteiger partial charge in [-0.3, -0.25) is 14.5 Å². The van der Waals surface area contributed by atoms with Crippen molar-refractivity contribution in [1.82, 2.24) is 15.6 Å². The van der Waals surface area contributed by atoms with E-state index < -0.39 is 17.5 Å². The number of carbonyl (C=O) groups is 3. The van der Waals surface area contributed by atoms with Crippen LogP contribution in [0.2, 0.25) is 0 Å². The maximum Gasteiger partial charge on any atom is 0.325 e. The van der Waals surface area contributed by atoms with Crippen molar-refractivity contribution in [1.29, 1.82) is 0 Å². The highest BCUT2D eigenvalue weighted by molar-refractivity contribution is 6.06. The number of para-hydroxylation sites is 1. The predicted octanol–water partition coefficient (Wildman–Crippen LogP) is 0.563. The molecule has 0 spiro atoms. The van der Waals surface area contributed by atoms with E-state index >= 15 is 0 Å². The Balaban J connectivity index is 1.83. The van der Waals surface area contributed by atoms with E-state index in [1.807, 2.05) is 0 Å². The van der Waals surface area contributed by atoms with Crippen LogP contribution in [0.5, 0.6) is 5.75 Å². The van der Waals surface area contributed by atoms with Gasteiger partial charge in [0.05, 0.1) is 6.21 Å². The Bertz CT molecular complexity index is 669. The smallest absolute Gasteiger partial charge is 0.325 e. The number of amides is 4. The number of hydrogen-bond donors (Lipinski definition) is 3. The van der Waals surface area contributed by atoms with Crippen LogP contribution < -0.4 is 10.7 Å². The van der Waals surface area contributed by atoms with Gasteiger partial charge in [0, 0.05) is 18.5 Å². The zero-order chi connectivity index (χ0) is 17.0. The van der Waals surface area contributed by atoms with Gasteiger partial charge in [0.2, 0.25) is 5.91 Å². The van der Waals surface area contributed by atoms with Crippen LogP contribution in [0.15, 0.2) is 29.4 Å². The number of rotatable bonds is 5. The van der Waals surface area contributed by atoms with Gasteiger partial charge in [-0.2, -0.15) is 5.10 Å². The molecule has 1 aliphatic heterocycles. The van der Waals surface area contributed by atoms with Crippen LogP contribution in [0.1, 0.15) is 25.8 Å². The van der Waals surface area contributed by atoms with Crippen molar-refractivity contribution >= 4 is 24.1 Å². The van der Waals surface area contributed by atoms with Crippen LogP contribution >= 0.6 is 0 Å². The molecular formula is C15H18N4O4. The zero-order valence-electron chi connectivity index (χ0n) is 12.9. The second-order valence-corrected chi connectivity index (χ2v) is 5.61. The number of nitrogens with zero attached hydrogens (tertiary/aromatic N) is 2. The molecule has 0 atom stereocenters. The molecule has 0 aliphatic carbocycles. The maximum atomic E-state index is 11.9. The molecule has 122 valence electrons. The number of hydrogen-bond acceptors (Lipinski definition) is 5. The Labute approximate surface area is 133 Å². The first-order valence-electron chi connectivity index (χ1n) is 7.05. The standard InChI is InChI=1S/C15H18N4O4/c1-15(2)13(22)19(14(23)17-15)8-7-12(21)18-16-9-10-5-3-4-6-11(10)20/h3-6,9,20H,7-8H2,1-2H3,(H,17,23)(H,18,21)/b16-9+. The summed E-state index contributed by atoms with van der Waals surface area (Å²) in [6, 6.07) is 6.03. The summed E-state index contributed by atoms with van der Waals surface area (Å²) in [5.41, 5.74) is 1.80. The molecule has 0 saturated carbocycles. The van der Waals surface area contributed by atoms with Gasteiger partial charge in [0.15, 0.2) is 0 Å². The Hall–Kier alpha value is -2.90. The summed E-state index contributed by atoms with van der Waals surface area (Å²) in [6.45, 7) is 3.18. The van der Waals surface area contributed by atoms with Crippen molar-refractivity contribution in [3.63, 3.8) is 0 Å². The Morgan fingerprint density at radius 2 is 2.09 bits per heavy atom. The maximum absolute atomic E-state index is 11.9. The molecule has 23 heavy (non-hydrogen) atoms. The van der Waals surface area contributed by atoms with Gasteiger partial charge in [0.25, 0.3) is 5.91 Å². The molecule has 4 amide bonds. The Kier molecular flexibility index (Phi) is 4.63. The lowest BCUT2D eigenvalue weighted by atomic mass is 10.1. The van der Waals surface area contributed by atoms with E-state index in [0.29, 0.717) is 5.56 Å². The van der Waals surface area contributed by atoms with Crippen molar-refractivity contribution in [3.8, 4) is 5.75 Å². The molecule has 8 heteroatoms. The number of urea groups is 1. The van der Waals surface area contributed by atoms with Crippen molar-refractivity contribution in [2.45, 2.75) is 25.8 Å². The molecule has 0 bridgehead atoms. The van der Waals surface area contributed by atoms with E-state index in [1.54, 1.807) is 32.0 Å². The summed E-state index contributed by atoms with van der Waals surface area (Å²) < 4.78 is 0. The molecule has 0 aromatic heterocycles. The normalized spacial score (nSPS) is 16.7. The fraction of sp³-hybridized carbons (Fsp3) is 0.333. The highest BCUT2D eigenvalue weighted by Gasteiger charge is 2.43. The molecule has 3 N–H and O–H groups in total. The third-order valence-electron chi connectivity index (χ3n) is 3.34. The quantitative estimate of drug-likeness (QED) is 0.418. The molecule has 0 radical (unpaired) electrons. The lowest BCUT2D eigenvalue weighted by Gasteiger charge is -2.15. The van der Waals surface area contributed by atoms with Gasteiger partial charge >= 0.3 is 6.03 Å². The number of phenols is 1. The minimum atomic E-state index is -0.948. The number of nitrogens with one attached hydrogen (secondary N) is 2. The third-order valence-corrected chi connectivity index (χ3v) is 3.34. The van der Waals surface area contributed by atoms with Gasteiger partial charge in [-0.1, -0.05) is 12.1 Å². The van der Waals surface area contributed by atoms with E-state index in [9.17, 15) is 19.5 Å². The molecule has 1 aromatic carbocycles. The van der Waals surface area contributed by atoms with E-state index in [1.165, 1.54) is 12.3 Å². The lowest BCUT2D eigenvalue weighted by molar-refractivity contribution is -0.130. The zero-order valence-corrected chi connectivity index (χ0v) is 12.9. The fourth-order valence-corrected chi connectivity index (χ4v) is 2.06. The van der Waals surface area contributed by atoms with Gasteiger partial charge in [-0.05, 0) is 26.0 Å².